The van der Waals surface area contributed by atoms with Crippen LogP contribution in [0.5, 0.6) is 0 Å². The van der Waals surface area contributed by atoms with Crippen molar-refractivity contribution in [1.29, 1.82) is 0 Å². The van der Waals surface area contributed by atoms with Gasteiger partial charge in [0.1, 0.15) is 5.01 Å². The molecule has 0 fully saturated rings. The minimum absolute atomic E-state index is 0.0333. The minimum atomic E-state index is -0.207. The van der Waals surface area contributed by atoms with E-state index in [0.717, 1.165) is 22.0 Å². The van der Waals surface area contributed by atoms with Crippen molar-refractivity contribution in [3.05, 3.63) is 23.0 Å². The molecular formula is C15H21N3O2S. The minimum Gasteiger partial charge on any atom is -0.469 e. The van der Waals surface area contributed by atoms with Crippen molar-refractivity contribution < 1.29 is 9.53 Å². The van der Waals surface area contributed by atoms with Crippen molar-refractivity contribution >= 4 is 17.3 Å². The van der Waals surface area contributed by atoms with Crippen LogP contribution in [0.15, 0.2) is 11.6 Å². The van der Waals surface area contributed by atoms with E-state index in [9.17, 15) is 4.79 Å². The van der Waals surface area contributed by atoms with E-state index in [-0.39, 0.29) is 11.4 Å². The van der Waals surface area contributed by atoms with E-state index in [1.165, 1.54) is 7.11 Å². The Kier molecular flexibility index (Phi) is 4.46. The Labute approximate surface area is 129 Å². The number of aryl methyl sites for hydroxylation is 2. The third-order valence-electron chi connectivity index (χ3n) is 3.13. The van der Waals surface area contributed by atoms with Crippen molar-refractivity contribution in [2.45, 2.75) is 39.0 Å². The van der Waals surface area contributed by atoms with E-state index in [1.807, 2.05) is 23.3 Å². The number of rotatable bonds is 4. The second-order valence-electron chi connectivity index (χ2n) is 6.04. The number of ether oxygens (including phenoxy) is 1. The third kappa shape index (κ3) is 3.69. The van der Waals surface area contributed by atoms with Gasteiger partial charge in [-0.05, 0) is 0 Å². The van der Waals surface area contributed by atoms with Crippen LogP contribution in [0.3, 0.4) is 0 Å². The zero-order valence-corrected chi connectivity index (χ0v) is 14.0. The fraction of sp³-hybridized carbons (Fsp3) is 0.533. The van der Waals surface area contributed by atoms with E-state index in [1.54, 1.807) is 11.3 Å². The summed E-state index contributed by atoms with van der Waals surface area (Å²) in [6, 6.07) is 0. The van der Waals surface area contributed by atoms with Gasteiger partial charge >= 0.3 is 5.97 Å². The Hall–Kier alpha value is -1.69. The molecule has 0 atom stereocenters. The summed E-state index contributed by atoms with van der Waals surface area (Å²) >= 11 is 1.59. The normalized spacial score (nSPS) is 11.7. The Morgan fingerprint density at radius 3 is 2.76 bits per heavy atom. The van der Waals surface area contributed by atoms with Gasteiger partial charge in [0, 0.05) is 30.5 Å². The zero-order chi connectivity index (χ0) is 15.6. The van der Waals surface area contributed by atoms with Gasteiger partial charge in [-0.1, -0.05) is 20.8 Å². The van der Waals surface area contributed by atoms with Gasteiger partial charge in [0.2, 0.25) is 0 Å². The molecule has 0 saturated carbocycles. The Balaban J connectivity index is 2.24. The lowest BCUT2D eigenvalue weighted by Crippen LogP contribution is -2.13. The molecular weight excluding hydrogens is 286 g/mol. The maximum atomic E-state index is 11.2. The van der Waals surface area contributed by atoms with E-state index in [4.69, 9.17) is 0 Å². The first-order chi connectivity index (χ1) is 9.81. The molecule has 0 N–H and O–H groups in total. The summed E-state index contributed by atoms with van der Waals surface area (Å²) in [5.41, 5.74) is 3.00. The number of carbonyl (C=O) groups excluding carboxylic acids is 1. The molecule has 0 aliphatic rings. The van der Waals surface area contributed by atoms with Crippen LogP contribution in [0, 0.1) is 0 Å². The number of hydrogen-bond donors (Lipinski definition) is 0. The number of aromatic nitrogens is 3. The van der Waals surface area contributed by atoms with Crippen LogP contribution in [0.2, 0.25) is 0 Å². The predicted octanol–water partition coefficient (Wildman–Crippen LogP) is 2.95. The molecule has 0 aromatic carbocycles. The Bertz CT molecular complexity index is 638. The summed E-state index contributed by atoms with van der Waals surface area (Å²) in [7, 11) is 3.32. The highest BCUT2D eigenvalue weighted by Crippen LogP contribution is 2.33. The number of esters is 1. The van der Waals surface area contributed by atoms with Crippen LogP contribution >= 0.6 is 11.3 Å². The lowest BCUT2D eigenvalue weighted by Gasteiger charge is -2.16. The maximum Gasteiger partial charge on any atom is 0.305 e. The molecule has 0 amide bonds. The highest BCUT2D eigenvalue weighted by molar-refractivity contribution is 7.13. The van der Waals surface area contributed by atoms with E-state index >= 15 is 0 Å². The highest BCUT2D eigenvalue weighted by atomic mass is 32.1. The van der Waals surface area contributed by atoms with Crippen molar-refractivity contribution in [3.8, 4) is 10.6 Å². The first kappa shape index (κ1) is 15.7. The molecule has 114 valence electrons. The highest BCUT2D eigenvalue weighted by Gasteiger charge is 2.24. The molecule has 0 aliphatic carbocycles. The number of methoxy groups -OCH3 is 1. The Morgan fingerprint density at radius 2 is 2.14 bits per heavy atom. The molecule has 0 saturated heterocycles. The van der Waals surface area contributed by atoms with Crippen LogP contribution in [-0.2, 0) is 28.4 Å². The van der Waals surface area contributed by atoms with Gasteiger partial charge in [0.15, 0.2) is 0 Å². The molecule has 0 spiro atoms. The van der Waals surface area contributed by atoms with E-state index in [0.29, 0.717) is 12.8 Å². The second-order valence-corrected chi connectivity index (χ2v) is 6.89. The summed E-state index contributed by atoms with van der Waals surface area (Å²) < 4.78 is 6.48. The first-order valence-electron chi connectivity index (χ1n) is 6.87. The lowest BCUT2D eigenvalue weighted by molar-refractivity contribution is -0.140. The van der Waals surface area contributed by atoms with Crippen LogP contribution in [-0.4, -0.2) is 27.8 Å². The van der Waals surface area contributed by atoms with Gasteiger partial charge in [0.25, 0.3) is 0 Å². The van der Waals surface area contributed by atoms with Gasteiger partial charge in [-0.25, -0.2) is 4.98 Å². The summed E-state index contributed by atoms with van der Waals surface area (Å²) in [5, 5.41) is 7.51. The zero-order valence-electron chi connectivity index (χ0n) is 13.1. The maximum absolute atomic E-state index is 11.2. The second kappa shape index (κ2) is 5.97. The molecule has 2 rings (SSSR count). The number of thiazole rings is 1. The van der Waals surface area contributed by atoms with Gasteiger partial charge in [-0.15, -0.1) is 11.3 Å². The molecule has 0 aliphatic heterocycles. The molecule has 21 heavy (non-hydrogen) atoms. The molecule has 0 unspecified atom stereocenters. The fourth-order valence-corrected chi connectivity index (χ4v) is 2.94. The molecule has 2 aromatic heterocycles. The molecule has 5 nitrogen and oxygen atoms in total. The first-order valence-corrected chi connectivity index (χ1v) is 7.75. The number of carbonyl (C=O) groups is 1. The molecule has 0 bridgehead atoms. The lowest BCUT2D eigenvalue weighted by atomic mass is 9.90. The van der Waals surface area contributed by atoms with Crippen molar-refractivity contribution in [2.24, 2.45) is 7.05 Å². The van der Waals surface area contributed by atoms with Crippen LogP contribution in [0.4, 0.5) is 0 Å². The molecule has 6 heteroatoms. The van der Waals surface area contributed by atoms with E-state index < -0.39 is 0 Å². The summed E-state index contributed by atoms with van der Waals surface area (Å²) in [6.45, 7) is 6.43. The smallest absolute Gasteiger partial charge is 0.305 e. The van der Waals surface area contributed by atoms with Crippen LogP contribution in [0.1, 0.15) is 38.6 Å². The third-order valence-corrected chi connectivity index (χ3v) is 4.06. The summed E-state index contributed by atoms with van der Waals surface area (Å²) in [6.07, 6.45) is 2.97. The van der Waals surface area contributed by atoms with Crippen molar-refractivity contribution in [3.63, 3.8) is 0 Å². The quantitative estimate of drug-likeness (QED) is 0.815. The largest absolute Gasteiger partial charge is 0.469 e. The average molecular weight is 307 g/mol. The van der Waals surface area contributed by atoms with Crippen molar-refractivity contribution in [1.82, 2.24) is 14.8 Å². The van der Waals surface area contributed by atoms with Crippen LogP contribution in [0.25, 0.3) is 10.6 Å². The topological polar surface area (TPSA) is 57.0 Å². The molecule has 2 aromatic rings. The van der Waals surface area contributed by atoms with Crippen LogP contribution < -0.4 is 0 Å². The predicted molar refractivity (Wildman–Crippen MR) is 83.4 cm³/mol. The van der Waals surface area contributed by atoms with E-state index in [2.05, 4.69) is 35.6 Å². The monoisotopic (exact) mass is 307 g/mol. The molecule has 2 heterocycles. The van der Waals surface area contributed by atoms with Gasteiger partial charge in [0.05, 0.1) is 30.5 Å². The van der Waals surface area contributed by atoms with Crippen molar-refractivity contribution in [2.75, 3.05) is 7.11 Å². The fourth-order valence-electron chi connectivity index (χ4n) is 2.08. The van der Waals surface area contributed by atoms with Gasteiger partial charge < -0.3 is 4.74 Å². The standard InChI is InChI=1S/C15H21N3O2S/c1-15(2,3)13-11(8-18(4)17-13)14-16-10(9-21-14)6-7-12(19)20-5/h8-9H,6-7H2,1-5H3. The summed E-state index contributed by atoms with van der Waals surface area (Å²) in [5.74, 6) is -0.207. The molecule has 0 radical (unpaired) electrons. The summed E-state index contributed by atoms with van der Waals surface area (Å²) in [4.78, 5) is 15.8. The number of nitrogens with zero attached hydrogens (tertiary/aromatic N) is 3. The van der Waals surface area contributed by atoms with Gasteiger partial charge in [-0.2, -0.15) is 5.10 Å². The average Bonchev–Trinajstić information content (AvgIpc) is 3.01. The Morgan fingerprint density at radius 1 is 1.43 bits per heavy atom. The van der Waals surface area contributed by atoms with Gasteiger partial charge in [-0.3, -0.25) is 9.48 Å². The SMILES string of the molecule is COC(=O)CCc1csc(-c2cn(C)nc2C(C)(C)C)n1. The number of hydrogen-bond acceptors (Lipinski definition) is 5.